The minimum Gasteiger partial charge on any atom is -0.384 e. The lowest BCUT2D eigenvalue weighted by atomic mass is 10.1. The number of benzene rings is 2. The monoisotopic (exact) mass is 299 g/mol. The number of primary amides is 1. The predicted molar refractivity (Wildman–Crippen MR) is 83.3 cm³/mol. The summed E-state index contributed by atoms with van der Waals surface area (Å²) in [7, 11) is 0. The van der Waals surface area contributed by atoms with E-state index < -0.39 is 5.91 Å². The molecule has 0 unspecified atom stereocenters. The van der Waals surface area contributed by atoms with E-state index in [1.807, 2.05) is 6.07 Å². The van der Waals surface area contributed by atoms with Crippen LogP contribution in [-0.4, -0.2) is 12.5 Å². The lowest BCUT2D eigenvalue weighted by Gasteiger charge is -2.09. The van der Waals surface area contributed by atoms with Gasteiger partial charge in [0.25, 0.3) is 0 Å². The van der Waals surface area contributed by atoms with Crippen LogP contribution in [0.4, 0.5) is 5.69 Å². The topological polar surface area (TPSA) is 78.9 Å². The molecule has 0 radical (unpaired) electrons. The number of rotatable bonds is 5. The van der Waals surface area contributed by atoms with Gasteiger partial charge in [0.1, 0.15) is 6.07 Å². The second-order valence-corrected chi connectivity index (χ2v) is 4.98. The van der Waals surface area contributed by atoms with Gasteiger partial charge in [0.05, 0.1) is 11.3 Å². The second kappa shape index (κ2) is 6.78. The fourth-order valence-electron chi connectivity index (χ4n) is 1.98. The summed E-state index contributed by atoms with van der Waals surface area (Å²) in [6.07, 6.45) is 0.717. The maximum absolute atomic E-state index is 11.1. The van der Waals surface area contributed by atoms with E-state index in [0.29, 0.717) is 29.1 Å². The molecule has 0 bridgehead atoms. The van der Waals surface area contributed by atoms with Gasteiger partial charge in [-0.1, -0.05) is 23.7 Å². The van der Waals surface area contributed by atoms with Gasteiger partial charge in [0, 0.05) is 17.1 Å². The third-order valence-electron chi connectivity index (χ3n) is 3.04. The van der Waals surface area contributed by atoms with Crippen molar-refractivity contribution >= 4 is 23.2 Å². The SMILES string of the molecule is N#Cc1cc(Cl)ccc1NCCc1cccc(C(N)=O)c1. The Balaban J connectivity index is 2.00. The van der Waals surface area contributed by atoms with E-state index in [0.717, 1.165) is 11.3 Å². The molecule has 0 aliphatic carbocycles. The number of hydrogen-bond acceptors (Lipinski definition) is 3. The Bertz CT molecular complexity index is 707. The van der Waals surface area contributed by atoms with Crippen LogP contribution >= 0.6 is 11.6 Å². The van der Waals surface area contributed by atoms with Crippen molar-refractivity contribution in [2.24, 2.45) is 5.73 Å². The normalized spacial score (nSPS) is 9.90. The number of nitriles is 1. The maximum atomic E-state index is 11.1. The molecule has 21 heavy (non-hydrogen) atoms. The zero-order chi connectivity index (χ0) is 15.2. The standard InChI is InChI=1S/C16H14ClN3O/c17-14-4-5-15(13(9-14)10-18)20-7-6-11-2-1-3-12(8-11)16(19)21/h1-5,8-9,20H,6-7H2,(H2,19,21). The summed E-state index contributed by atoms with van der Waals surface area (Å²) in [6.45, 7) is 0.637. The van der Waals surface area contributed by atoms with Crippen LogP contribution in [0, 0.1) is 11.3 Å². The Morgan fingerprint density at radius 1 is 1.29 bits per heavy atom. The summed E-state index contributed by atoms with van der Waals surface area (Å²) in [5.74, 6) is -0.436. The van der Waals surface area contributed by atoms with E-state index in [1.54, 1.807) is 36.4 Å². The van der Waals surface area contributed by atoms with Crippen molar-refractivity contribution in [3.63, 3.8) is 0 Å². The highest BCUT2D eigenvalue weighted by molar-refractivity contribution is 6.30. The van der Waals surface area contributed by atoms with Gasteiger partial charge in [0.15, 0.2) is 0 Å². The molecule has 2 aromatic rings. The number of carbonyl (C=O) groups is 1. The van der Waals surface area contributed by atoms with Crippen LogP contribution in [0.3, 0.4) is 0 Å². The first-order valence-electron chi connectivity index (χ1n) is 6.42. The first-order valence-corrected chi connectivity index (χ1v) is 6.80. The number of nitrogens with two attached hydrogens (primary N) is 1. The smallest absolute Gasteiger partial charge is 0.248 e. The molecule has 2 rings (SSSR count). The molecule has 3 N–H and O–H groups in total. The molecule has 0 saturated carbocycles. The van der Waals surface area contributed by atoms with E-state index >= 15 is 0 Å². The molecule has 0 aliphatic rings. The molecule has 5 heteroatoms. The second-order valence-electron chi connectivity index (χ2n) is 4.54. The third-order valence-corrected chi connectivity index (χ3v) is 3.28. The highest BCUT2D eigenvalue weighted by Crippen LogP contribution is 2.19. The highest BCUT2D eigenvalue weighted by atomic mass is 35.5. The van der Waals surface area contributed by atoms with Gasteiger partial charge in [-0.25, -0.2) is 0 Å². The molecule has 4 nitrogen and oxygen atoms in total. The average molecular weight is 300 g/mol. The molecule has 0 heterocycles. The van der Waals surface area contributed by atoms with Crippen LogP contribution in [-0.2, 0) is 6.42 Å². The largest absolute Gasteiger partial charge is 0.384 e. The molecule has 0 spiro atoms. The molecule has 106 valence electrons. The van der Waals surface area contributed by atoms with Crippen molar-refractivity contribution in [2.75, 3.05) is 11.9 Å². The number of nitrogens with one attached hydrogen (secondary N) is 1. The number of nitrogens with zero attached hydrogens (tertiary/aromatic N) is 1. The lowest BCUT2D eigenvalue weighted by Crippen LogP contribution is -2.12. The molecular weight excluding hydrogens is 286 g/mol. The maximum Gasteiger partial charge on any atom is 0.248 e. The number of carbonyl (C=O) groups excluding carboxylic acids is 1. The molecule has 0 saturated heterocycles. The van der Waals surface area contributed by atoms with Crippen LogP contribution in [0.1, 0.15) is 21.5 Å². The van der Waals surface area contributed by atoms with Crippen LogP contribution in [0.2, 0.25) is 5.02 Å². The molecule has 0 atom stereocenters. The quantitative estimate of drug-likeness (QED) is 0.891. The van der Waals surface area contributed by atoms with Gasteiger partial charge in [-0.2, -0.15) is 5.26 Å². The Kier molecular flexibility index (Phi) is 4.81. The summed E-state index contributed by atoms with van der Waals surface area (Å²) in [6, 6.07) is 14.4. The first kappa shape index (κ1) is 14.9. The number of anilines is 1. The molecule has 2 aromatic carbocycles. The number of amides is 1. The van der Waals surface area contributed by atoms with Crippen LogP contribution in [0.15, 0.2) is 42.5 Å². The molecule has 0 fully saturated rings. The third kappa shape index (κ3) is 3.98. The summed E-state index contributed by atoms with van der Waals surface area (Å²) in [4.78, 5) is 11.1. The van der Waals surface area contributed by atoms with Crippen molar-refractivity contribution in [3.8, 4) is 6.07 Å². The van der Waals surface area contributed by atoms with Gasteiger partial charge in [-0.05, 0) is 42.3 Å². The van der Waals surface area contributed by atoms with E-state index in [1.165, 1.54) is 0 Å². The summed E-state index contributed by atoms with van der Waals surface area (Å²) in [5.41, 5.74) is 8.01. The summed E-state index contributed by atoms with van der Waals surface area (Å²) >= 11 is 5.85. The molecular formula is C16H14ClN3O. The van der Waals surface area contributed by atoms with Crippen LogP contribution in [0.5, 0.6) is 0 Å². The van der Waals surface area contributed by atoms with Crippen molar-refractivity contribution < 1.29 is 4.79 Å². The average Bonchev–Trinajstić information content (AvgIpc) is 2.49. The van der Waals surface area contributed by atoms with E-state index in [9.17, 15) is 4.79 Å². The van der Waals surface area contributed by atoms with E-state index in [4.69, 9.17) is 22.6 Å². The zero-order valence-corrected chi connectivity index (χ0v) is 12.0. The Morgan fingerprint density at radius 3 is 2.81 bits per heavy atom. The first-order chi connectivity index (χ1) is 10.1. The van der Waals surface area contributed by atoms with Crippen molar-refractivity contribution in [2.45, 2.75) is 6.42 Å². The fraction of sp³-hybridized carbons (Fsp3) is 0.125. The molecule has 0 aromatic heterocycles. The van der Waals surface area contributed by atoms with Gasteiger partial charge >= 0.3 is 0 Å². The van der Waals surface area contributed by atoms with Gasteiger partial charge < -0.3 is 11.1 Å². The lowest BCUT2D eigenvalue weighted by molar-refractivity contribution is 0.1000. The van der Waals surface area contributed by atoms with Crippen molar-refractivity contribution in [3.05, 3.63) is 64.2 Å². The number of halogens is 1. The Hall–Kier alpha value is -2.51. The van der Waals surface area contributed by atoms with Gasteiger partial charge in [-0.15, -0.1) is 0 Å². The van der Waals surface area contributed by atoms with E-state index in [-0.39, 0.29) is 0 Å². The minimum atomic E-state index is -0.436. The Morgan fingerprint density at radius 2 is 2.10 bits per heavy atom. The Labute approximate surface area is 128 Å². The van der Waals surface area contributed by atoms with Gasteiger partial charge in [-0.3, -0.25) is 4.79 Å². The van der Waals surface area contributed by atoms with Crippen molar-refractivity contribution in [1.82, 2.24) is 0 Å². The molecule has 1 amide bonds. The highest BCUT2D eigenvalue weighted by Gasteiger charge is 2.04. The van der Waals surface area contributed by atoms with Crippen LogP contribution in [0.25, 0.3) is 0 Å². The summed E-state index contributed by atoms with van der Waals surface area (Å²) < 4.78 is 0. The van der Waals surface area contributed by atoms with Crippen LogP contribution < -0.4 is 11.1 Å². The zero-order valence-electron chi connectivity index (χ0n) is 11.3. The fourth-order valence-corrected chi connectivity index (χ4v) is 2.16. The predicted octanol–water partition coefficient (Wildman–Crippen LogP) is 2.97. The van der Waals surface area contributed by atoms with E-state index in [2.05, 4.69) is 11.4 Å². The minimum absolute atomic E-state index is 0.436. The number of hydrogen-bond donors (Lipinski definition) is 2. The summed E-state index contributed by atoms with van der Waals surface area (Å²) in [5, 5.41) is 12.8. The molecule has 0 aliphatic heterocycles. The van der Waals surface area contributed by atoms with Gasteiger partial charge in [0.2, 0.25) is 5.91 Å². The van der Waals surface area contributed by atoms with Crippen molar-refractivity contribution in [1.29, 1.82) is 5.26 Å².